The molecule has 0 aromatic carbocycles. The molecule has 0 bridgehead atoms. The Morgan fingerprint density at radius 2 is 1.93 bits per heavy atom. The van der Waals surface area contributed by atoms with Gasteiger partial charge in [-0.2, -0.15) is 4.98 Å². The van der Waals surface area contributed by atoms with Crippen LogP contribution in [0.1, 0.15) is 50.8 Å². The summed E-state index contributed by atoms with van der Waals surface area (Å²) in [4.78, 5) is 38.1. The molecule has 0 aliphatic carbocycles. The average molecular weight is 434 g/mol. The van der Waals surface area contributed by atoms with Gasteiger partial charge < -0.3 is 19.1 Å². The highest BCUT2D eigenvalue weighted by Gasteiger charge is 2.37. The van der Waals surface area contributed by atoms with Crippen molar-refractivity contribution in [1.29, 1.82) is 0 Å². The van der Waals surface area contributed by atoms with Gasteiger partial charge in [0.1, 0.15) is 4.88 Å². The molecule has 2 aromatic rings. The summed E-state index contributed by atoms with van der Waals surface area (Å²) < 4.78 is 10.7. The number of ether oxygens (including phenoxy) is 1. The molecule has 0 saturated carbocycles. The largest absolute Gasteiger partial charge is 0.381 e. The normalized spacial score (nSPS) is 17.8. The van der Waals surface area contributed by atoms with Crippen LogP contribution in [0.15, 0.2) is 4.52 Å². The molecule has 9 nitrogen and oxygen atoms in total. The van der Waals surface area contributed by atoms with Crippen molar-refractivity contribution in [3.63, 3.8) is 0 Å². The molecule has 30 heavy (non-hydrogen) atoms. The number of amides is 2. The molecule has 2 fully saturated rings. The van der Waals surface area contributed by atoms with Gasteiger partial charge in [-0.1, -0.05) is 5.16 Å². The maximum absolute atomic E-state index is 12.6. The van der Waals surface area contributed by atoms with Crippen molar-refractivity contribution in [2.75, 3.05) is 39.9 Å². The molecule has 4 heterocycles. The van der Waals surface area contributed by atoms with Crippen molar-refractivity contribution >= 4 is 23.2 Å². The van der Waals surface area contributed by atoms with Gasteiger partial charge in [-0.05, 0) is 26.7 Å². The Labute approximate surface area is 179 Å². The molecule has 2 amide bonds. The Morgan fingerprint density at radius 3 is 2.60 bits per heavy atom. The molecule has 0 radical (unpaired) electrons. The summed E-state index contributed by atoms with van der Waals surface area (Å²) in [5.41, 5.74) is 0.783. The molecule has 2 aromatic heterocycles. The summed E-state index contributed by atoms with van der Waals surface area (Å²) in [5, 5.41) is 4.95. The van der Waals surface area contributed by atoms with Gasteiger partial charge >= 0.3 is 0 Å². The van der Waals surface area contributed by atoms with Crippen molar-refractivity contribution in [1.82, 2.24) is 24.9 Å². The Kier molecular flexibility index (Phi) is 6.14. The standard InChI is InChI=1S/C20H27N5O4S/c1-12-17(30-13(2)21-12)20(27)25-10-15(11-25)18-22-16(23-29-18)4-7-24(3)19(26)14-5-8-28-9-6-14/h14-15H,4-11H2,1-3H3. The van der Waals surface area contributed by atoms with Crippen LogP contribution in [-0.4, -0.2) is 76.6 Å². The van der Waals surface area contributed by atoms with Gasteiger partial charge in [0.25, 0.3) is 5.91 Å². The number of thiazole rings is 1. The quantitative estimate of drug-likeness (QED) is 0.685. The van der Waals surface area contributed by atoms with Crippen LogP contribution in [0.3, 0.4) is 0 Å². The van der Waals surface area contributed by atoms with Crippen molar-refractivity contribution in [3.8, 4) is 0 Å². The highest BCUT2D eigenvalue weighted by Crippen LogP contribution is 2.29. The van der Waals surface area contributed by atoms with E-state index in [0.717, 1.165) is 23.5 Å². The van der Waals surface area contributed by atoms with E-state index in [4.69, 9.17) is 9.26 Å². The number of aromatic nitrogens is 3. The molecule has 0 atom stereocenters. The summed E-state index contributed by atoms with van der Waals surface area (Å²) in [7, 11) is 1.82. The average Bonchev–Trinajstić information content (AvgIpc) is 3.30. The fourth-order valence-electron chi connectivity index (χ4n) is 3.84. The number of carbonyl (C=O) groups excluding carboxylic acids is 2. The Hall–Kier alpha value is -2.33. The molecule has 10 heteroatoms. The van der Waals surface area contributed by atoms with Crippen molar-refractivity contribution < 1.29 is 18.8 Å². The highest BCUT2D eigenvalue weighted by atomic mass is 32.1. The molecular weight excluding hydrogens is 406 g/mol. The maximum Gasteiger partial charge on any atom is 0.265 e. The first-order chi connectivity index (χ1) is 14.4. The lowest BCUT2D eigenvalue weighted by atomic mass is 9.99. The third-order valence-corrected chi connectivity index (χ3v) is 6.78. The van der Waals surface area contributed by atoms with E-state index in [1.165, 1.54) is 11.3 Å². The molecule has 2 aliphatic rings. The third-order valence-electron chi connectivity index (χ3n) is 5.72. The maximum atomic E-state index is 12.6. The summed E-state index contributed by atoms with van der Waals surface area (Å²) in [5.74, 6) is 1.44. The molecule has 4 rings (SSSR count). The minimum atomic E-state index is 0.0161. The molecule has 0 N–H and O–H groups in total. The van der Waals surface area contributed by atoms with Gasteiger partial charge in [0.05, 0.1) is 16.6 Å². The number of hydrogen-bond acceptors (Lipinski definition) is 8. The Morgan fingerprint density at radius 1 is 1.20 bits per heavy atom. The summed E-state index contributed by atoms with van der Waals surface area (Å²) in [6.07, 6.45) is 2.11. The molecular formula is C20H27N5O4S. The highest BCUT2D eigenvalue weighted by molar-refractivity contribution is 7.13. The van der Waals surface area contributed by atoms with Crippen molar-refractivity contribution in [3.05, 3.63) is 27.3 Å². The number of likely N-dealkylation sites (N-methyl/N-ethyl adjacent to an activating group) is 1. The monoisotopic (exact) mass is 433 g/mol. The van der Waals surface area contributed by atoms with Gasteiger partial charge in [-0.3, -0.25) is 9.59 Å². The van der Waals surface area contributed by atoms with E-state index < -0.39 is 0 Å². The van der Waals surface area contributed by atoms with E-state index in [0.29, 0.717) is 55.9 Å². The van der Waals surface area contributed by atoms with Crippen LogP contribution in [0.5, 0.6) is 0 Å². The van der Waals surface area contributed by atoms with E-state index in [9.17, 15) is 9.59 Å². The number of hydrogen-bond donors (Lipinski definition) is 0. The van der Waals surface area contributed by atoms with Crippen LogP contribution < -0.4 is 0 Å². The molecule has 0 unspecified atom stereocenters. The smallest absolute Gasteiger partial charge is 0.265 e. The van der Waals surface area contributed by atoms with E-state index in [1.54, 1.807) is 9.80 Å². The fraction of sp³-hybridized carbons (Fsp3) is 0.650. The number of likely N-dealkylation sites (tertiary alicyclic amines) is 1. The van der Waals surface area contributed by atoms with Crippen LogP contribution in [0.2, 0.25) is 0 Å². The van der Waals surface area contributed by atoms with Gasteiger partial charge in [0.2, 0.25) is 11.8 Å². The second-order valence-corrected chi connectivity index (χ2v) is 9.20. The number of aryl methyl sites for hydroxylation is 2. The van der Waals surface area contributed by atoms with E-state index >= 15 is 0 Å². The van der Waals surface area contributed by atoms with Crippen LogP contribution in [0.25, 0.3) is 0 Å². The predicted molar refractivity (Wildman–Crippen MR) is 109 cm³/mol. The first-order valence-electron chi connectivity index (χ1n) is 10.3. The molecule has 162 valence electrons. The summed E-state index contributed by atoms with van der Waals surface area (Å²) >= 11 is 1.43. The molecule has 2 aliphatic heterocycles. The number of rotatable bonds is 6. The first kappa shape index (κ1) is 20.9. The summed E-state index contributed by atoms with van der Waals surface area (Å²) in [6, 6.07) is 0. The summed E-state index contributed by atoms with van der Waals surface area (Å²) in [6.45, 7) is 6.76. The van der Waals surface area contributed by atoms with E-state index in [1.807, 2.05) is 20.9 Å². The second-order valence-electron chi connectivity index (χ2n) is 8.00. The second kappa shape index (κ2) is 8.81. The minimum absolute atomic E-state index is 0.0161. The van der Waals surface area contributed by atoms with Gasteiger partial charge in [-0.25, -0.2) is 4.98 Å². The Balaban J connectivity index is 1.25. The molecule has 2 saturated heterocycles. The lowest BCUT2D eigenvalue weighted by Gasteiger charge is -2.36. The van der Waals surface area contributed by atoms with Crippen LogP contribution in [0, 0.1) is 19.8 Å². The molecule has 0 spiro atoms. The van der Waals surface area contributed by atoms with Gasteiger partial charge in [0.15, 0.2) is 5.82 Å². The SMILES string of the molecule is Cc1nc(C)c(C(=O)N2CC(c3nc(CCN(C)C(=O)C4CCOCC4)no3)C2)s1. The fourth-order valence-corrected chi connectivity index (χ4v) is 4.73. The lowest BCUT2D eigenvalue weighted by molar-refractivity contribution is -0.137. The van der Waals surface area contributed by atoms with Crippen LogP contribution in [-0.2, 0) is 16.0 Å². The zero-order valence-electron chi connectivity index (χ0n) is 17.6. The minimum Gasteiger partial charge on any atom is -0.381 e. The van der Waals surface area contributed by atoms with Crippen molar-refractivity contribution in [2.45, 2.75) is 39.0 Å². The van der Waals surface area contributed by atoms with E-state index in [-0.39, 0.29) is 23.7 Å². The van der Waals surface area contributed by atoms with Crippen LogP contribution >= 0.6 is 11.3 Å². The third kappa shape index (κ3) is 4.39. The van der Waals surface area contributed by atoms with E-state index in [2.05, 4.69) is 15.1 Å². The lowest BCUT2D eigenvalue weighted by Crippen LogP contribution is -2.48. The first-order valence-corrected chi connectivity index (χ1v) is 11.1. The zero-order valence-corrected chi connectivity index (χ0v) is 18.4. The Bertz CT molecular complexity index is 914. The van der Waals surface area contributed by atoms with Gasteiger partial charge in [-0.15, -0.1) is 11.3 Å². The predicted octanol–water partition coefficient (Wildman–Crippen LogP) is 1.81. The number of nitrogens with zero attached hydrogens (tertiary/aromatic N) is 5. The topological polar surface area (TPSA) is 102 Å². The van der Waals surface area contributed by atoms with Crippen molar-refractivity contribution in [2.24, 2.45) is 5.92 Å². The van der Waals surface area contributed by atoms with Gasteiger partial charge in [0, 0.05) is 52.2 Å². The van der Waals surface area contributed by atoms with Crippen LogP contribution in [0.4, 0.5) is 0 Å². The zero-order chi connectivity index (χ0) is 21.3. The number of carbonyl (C=O) groups is 2.